The number of rotatable bonds is 1. The van der Waals surface area contributed by atoms with Gasteiger partial charge in [-0.1, -0.05) is 48.5 Å². The van der Waals surface area contributed by atoms with Crippen LogP contribution in [0.2, 0.25) is 0 Å². The number of benzene rings is 2. The van der Waals surface area contributed by atoms with Gasteiger partial charge in [0.25, 0.3) is 0 Å². The zero-order valence-electron chi connectivity index (χ0n) is 10.8. The molecule has 1 aliphatic rings. The Morgan fingerprint density at radius 2 is 1.84 bits per heavy atom. The first-order chi connectivity index (χ1) is 9.34. The maximum atomic E-state index is 4.82. The van der Waals surface area contributed by atoms with Crippen molar-refractivity contribution in [3.05, 3.63) is 60.2 Å². The molecule has 2 nitrogen and oxygen atoms in total. The van der Waals surface area contributed by atoms with Crippen molar-refractivity contribution in [2.45, 2.75) is 13.5 Å². The molecule has 0 aliphatic carbocycles. The standard InChI is InChI=1S/C17H14N2/c1-12-10-11-19-16-14(12)8-5-9-15(16)18-17(19)13-6-3-2-4-7-13/h2-10H,11H2,1H3. The van der Waals surface area contributed by atoms with Crippen LogP contribution in [0.15, 0.2) is 54.6 Å². The Hall–Kier alpha value is -2.35. The fourth-order valence-corrected chi connectivity index (χ4v) is 2.83. The van der Waals surface area contributed by atoms with E-state index >= 15 is 0 Å². The molecule has 0 amide bonds. The lowest BCUT2D eigenvalue weighted by Gasteiger charge is -2.15. The van der Waals surface area contributed by atoms with E-state index in [0.717, 1.165) is 17.9 Å². The number of hydrogen-bond donors (Lipinski definition) is 0. The van der Waals surface area contributed by atoms with E-state index in [2.05, 4.69) is 60.0 Å². The number of allylic oxidation sites excluding steroid dienone is 2. The van der Waals surface area contributed by atoms with Gasteiger partial charge in [0.2, 0.25) is 0 Å². The summed E-state index contributed by atoms with van der Waals surface area (Å²) >= 11 is 0. The van der Waals surface area contributed by atoms with Crippen LogP contribution in [0.3, 0.4) is 0 Å². The Kier molecular flexibility index (Phi) is 2.12. The number of imidazole rings is 1. The molecule has 0 atom stereocenters. The largest absolute Gasteiger partial charge is 0.320 e. The van der Waals surface area contributed by atoms with Gasteiger partial charge < -0.3 is 4.57 Å². The van der Waals surface area contributed by atoms with Crippen molar-refractivity contribution in [1.82, 2.24) is 9.55 Å². The lowest BCUT2D eigenvalue weighted by Crippen LogP contribution is -2.04. The van der Waals surface area contributed by atoms with Crippen LogP contribution in [0, 0.1) is 0 Å². The molecule has 0 saturated carbocycles. The molecule has 0 saturated heterocycles. The van der Waals surface area contributed by atoms with E-state index in [1.54, 1.807) is 0 Å². The monoisotopic (exact) mass is 246 g/mol. The van der Waals surface area contributed by atoms with Gasteiger partial charge in [-0.2, -0.15) is 0 Å². The highest BCUT2D eigenvalue weighted by Gasteiger charge is 2.18. The zero-order valence-corrected chi connectivity index (χ0v) is 10.8. The normalized spacial score (nSPS) is 13.6. The van der Waals surface area contributed by atoms with Gasteiger partial charge in [-0.15, -0.1) is 0 Å². The van der Waals surface area contributed by atoms with Gasteiger partial charge in [-0.05, 0) is 18.6 Å². The summed E-state index contributed by atoms with van der Waals surface area (Å²) in [6.07, 6.45) is 2.27. The molecule has 19 heavy (non-hydrogen) atoms. The Balaban J connectivity index is 2.07. The molecule has 2 aromatic carbocycles. The van der Waals surface area contributed by atoms with Gasteiger partial charge in [0.05, 0.1) is 11.0 Å². The predicted molar refractivity (Wildman–Crippen MR) is 78.8 cm³/mol. The Labute approximate surface area is 112 Å². The molecule has 0 fully saturated rings. The van der Waals surface area contributed by atoms with E-state index in [9.17, 15) is 0 Å². The summed E-state index contributed by atoms with van der Waals surface area (Å²) in [6, 6.07) is 16.8. The van der Waals surface area contributed by atoms with Crippen LogP contribution in [-0.2, 0) is 6.54 Å². The smallest absolute Gasteiger partial charge is 0.141 e. The van der Waals surface area contributed by atoms with E-state index in [-0.39, 0.29) is 0 Å². The van der Waals surface area contributed by atoms with Crippen molar-refractivity contribution in [2.24, 2.45) is 0 Å². The van der Waals surface area contributed by atoms with Gasteiger partial charge >= 0.3 is 0 Å². The molecular formula is C17H14N2. The minimum Gasteiger partial charge on any atom is -0.320 e. The van der Waals surface area contributed by atoms with E-state index < -0.39 is 0 Å². The molecule has 0 bridgehead atoms. The molecule has 2 heterocycles. The quantitative estimate of drug-likeness (QED) is 0.631. The van der Waals surface area contributed by atoms with Crippen molar-refractivity contribution in [3.63, 3.8) is 0 Å². The maximum absolute atomic E-state index is 4.82. The van der Waals surface area contributed by atoms with E-state index in [1.807, 2.05) is 6.07 Å². The first kappa shape index (κ1) is 10.6. The molecule has 1 aromatic heterocycles. The molecule has 4 rings (SSSR count). The predicted octanol–water partition coefficient (Wildman–Crippen LogP) is 4.12. The fourth-order valence-electron chi connectivity index (χ4n) is 2.83. The van der Waals surface area contributed by atoms with Gasteiger partial charge in [0.15, 0.2) is 0 Å². The lowest BCUT2D eigenvalue weighted by atomic mass is 10.0. The second-order valence-corrected chi connectivity index (χ2v) is 4.97. The fraction of sp³-hybridized carbons (Fsp3) is 0.118. The van der Waals surface area contributed by atoms with Crippen LogP contribution in [0.4, 0.5) is 0 Å². The topological polar surface area (TPSA) is 17.8 Å². The van der Waals surface area contributed by atoms with Crippen LogP contribution in [0.25, 0.3) is 28.0 Å². The summed E-state index contributed by atoms with van der Waals surface area (Å²) in [5.74, 6) is 1.06. The summed E-state index contributed by atoms with van der Waals surface area (Å²) in [6.45, 7) is 3.08. The van der Waals surface area contributed by atoms with E-state index in [4.69, 9.17) is 4.98 Å². The van der Waals surface area contributed by atoms with Gasteiger partial charge in [0.1, 0.15) is 5.82 Å². The molecule has 0 spiro atoms. The van der Waals surface area contributed by atoms with Crippen LogP contribution < -0.4 is 0 Å². The molecular weight excluding hydrogens is 232 g/mol. The Morgan fingerprint density at radius 1 is 1.00 bits per heavy atom. The molecule has 3 aromatic rings. The van der Waals surface area contributed by atoms with Crippen molar-refractivity contribution in [1.29, 1.82) is 0 Å². The van der Waals surface area contributed by atoms with Gasteiger partial charge in [-0.3, -0.25) is 0 Å². The Bertz CT molecular complexity index is 795. The number of nitrogens with zero attached hydrogens (tertiary/aromatic N) is 2. The van der Waals surface area contributed by atoms with Crippen LogP contribution in [-0.4, -0.2) is 9.55 Å². The summed E-state index contributed by atoms with van der Waals surface area (Å²) < 4.78 is 2.31. The third-order valence-electron chi connectivity index (χ3n) is 3.80. The van der Waals surface area contributed by atoms with Gasteiger partial charge in [0, 0.05) is 17.7 Å². The summed E-state index contributed by atoms with van der Waals surface area (Å²) in [7, 11) is 0. The molecule has 92 valence electrons. The highest BCUT2D eigenvalue weighted by Crippen LogP contribution is 2.33. The van der Waals surface area contributed by atoms with E-state index in [1.165, 1.54) is 22.2 Å². The number of hydrogen-bond acceptors (Lipinski definition) is 1. The minimum atomic E-state index is 0.906. The second kappa shape index (κ2) is 3.82. The highest BCUT2D eigenvalue weighted by molar-refractivity contribution is 5.92. The number of aromatic nitrogens is 2. The van der Waals surface area contributed by atoms with Crippen molar-refractivity contribution < 1.29 is 0 Å². The molecule has 1 aliphatic heterocycles. The minimum absolute atomic E-state index is 0.906. The Morgan fingerprint density at radius 3 is 2.68 bits per heavy atom. The average molecular weight is 246 g/mol. The molecule has 0 unspecified atom stereocenters. The summed E-state index contributed by atoms with van der Waals surface area (Å²) in [5.41, 5.74) is 6.18. The van der Waals surface area contributed by atoms with E-state index in [0.29, 0.717) is 0 Å². The first-order valence-electron chi connectivity index (χ1n) is 6.56. The SMILES string of the molecule is CC1=CCn2c(-c3ccccc3)nc3cccc1c32. The third-order valence-corrected chi connectivity index (χ3v) is 3.80. The zero-order chi connectivity index (χ0) is 12.8. The van der Waals surface area contributed by atoms with Crippen LogP contribution in [0.5, 0.6) is 0 Å². The summed E-state index contributed by atoms with van der Waals surface area (Å²) in [5, 5.41) is 0. The highest BCUT2D eigenvalue weighted by atomic mass is 15.1. The third kappa shape index (κ3) is 1.46. The van der Waals surface area contributed by atoms with Crippen molar-refractivity contribution >= 4 is 16.6 Å². The maximum Gasteiger partial charge on any atom is 0.141 e. The van der Waals surface area contributed by atoms with Crippen LogP contribution in [0.1, 0.15) is 12.5 Å². The van der Waals surface area contributed by atoms with Crippen LogP contribution >= 0.6 is 0 Å². The summed E-state index contributed by atoms with van der Waals surface area (Å²) in [4.78, 5) is 4.82. The second-order valence-electron chi connectivity index (χ2n) is 4.97. The molecule has 0 N–H and O–H groups in total. The average Bonchev–Trinajstić information content (AvgIpc) is 2.84. The van der Waals surface area contributed by atoms with Gasteiger partial charge in [-0.25, -0.2) is 4.98 Å². The molecule has 0 radical (unpaired) electrons. The lowest BCUT2D eigenvalue weighted by molar-refractivity contribution is 0.851. The van der Waals surface area contributed by atoms with Crippen molar-refractivity contribution in [3.8, 4) is 11.4 Å². The van der Waals surface area contributed by atoms with Crippen molar-refractivity contribution in [2.75, 3.05) is 0 Å². The number of para-hydroxylation sites is 1. The molecule has 2 heteroatoms. The first-order valence-corrected chi connectivity index (χ1v) is 6.56.